The summed E-state index contributed by atoms with van der Waals surface area (Å²) in [5.41, 5.74) is 0. The van der Waals surface area contributed by atoms with Crippen LogP contribution in [0.1, 0.15) is 0 Å². The zero-order valence-electron chi connectivity index (χ0n) is 5.03. The molecule has 0 rings (SSSR count). The van der Waals surface area contributed by atoms with Crippen molar-refractivity contribution < 1.29 is 25.5 Å². The Morgan fingerprint density at radius 1 is 0.889 bits per heavy atom. The van der Waals surface area contributed by atoms with Crippen LogP contribution in [-0.4, -0.2) is 47.0 Å². The van der Waals surface area contributed by atoms with Gasteiger partial charge in [-0.25, -0.2) is 4.89 Å². The third kappa shape index (κ3) is 33.5. The molecule has 4 N–H and O–H groups in total. The van der Waals surface area contributed by atoms with Crippen LogP contribution in [0.3, 0.4) is 0 Å². The largest absolute Gasteiger partial charge is 0.394 e. The molecule has 0 saturated carbocycles. The topological polar surface area (TPSA) is 90.2 Å². The lowest BCUT2D eigenvalue weighted by Gasteiger charge is -1.81. The Morgan fingerprint density at radius 2 is 1.33 bits per heavy atom. The molecule has 0 spiro atoms. The first kappa shape index (κ1) is 11.6. The van der Waals surface area contributed by atoms with E-state index in [-0.39, 0.29) is 26.4 Å². The average molecular weight is 140 g/mol. The fourth-order valence-corrected chi connectivity index (χ4v) is 0.0408. The number of hydrogen-bond acceptors (Lipinski definition) is 5. The first-order valence-electron chi connectivity index (χ1n) is 2.42. The minimum absolute atomic E-state index is 0. The van der Waals surface area contributed by atoms with Crippen LogP contribution in [-0.2, 0) is 4.89 Å². The van der Waals surface area contributed by atoms with Gasteiger partial charge in [-0.15, -0.1) is 0 Å². The smallest absolute Gasteiger partial charge is 0.105 e. The van der Waals surface area contributed by atoms with Crippen LogP contribution in [0.25, 0.3) is 0 Å². The van der Waals surface area contributed by atoms with Gasteiger partial charge in [-0.1, -0.05) is 0 Å². The van der Waals surface area contributed by atoms with Crippen LogP contribution >= 0.6 is 0 Å². The Labute approximate surface area is 53.1 Å². The summed E-state index contributed by atoms with van der Waals surface area (Å²) < 4.78 is 0. The highest BCUT2D eigenvalue weighted by Crippen LogP contribution is 1.55. The Balaban J connectivity index is 0. The lowest BCUT2D eigenvalue weighted by molar-refractivity contribution is -0.246. The van der Waals surface area contributed by atoms with Crippen LogP contribution in [0.2, 0.25) is 0 Å². The lowest BCUT2D eigenvalue weighted by Crippen LogP contribution is -1.92. The average Bonchev–Trinajstić information content (AvgIpc) is 1.91. The number of rotatable bonds is 3. The molecule has 0 saturated heterocycles. The van der Waals surface area contributed by atoms with Crippen molar-refractivity contribution in [3.63, 3.8) is 0 Å². The zero-order chi connectivity index (χ0) is 7.54. The van der Waals surface area contributed by atoms with Gasteiger partial charge >= 0.3 is 0 Å². The van der Waals surface area contributed by atoms with Crippen molar-refractivity contribution in [1.29, 1.82) is 0 Å². The fourth-order valence-electron chi connectivity index (χ4n) is 0.0408. The Kier molecular flexibility index (Phi) is 20.1. The van der Waals surface area contributed by atoms with Gasteiger partial charge in [0.2, 0.25) is 0 Å². The lowest BCUT2D eigenvalue weighted by atomic mass is 10.8. The minimum atomic E-state index is -0.128. The first-order valence-corrected chi connectivity index (χ1v) is 2.42. The summed E-state index contributed by atoms with van der Waals surface area (Å²) in [6.45, 7) is -0.378. The van der Waals surface area contributed by atoms with Crippen LogP contribution in [0, 0.1) is 0 Å². The third-order valence-corrected chi connectivity index (χ3v) is 0.283. The van der Waals surface area contributed by atoms with E-state index in [0.717, 1.165) is 0 Å². The molecule has 0 amide bonds. The van der Waals surface area contributed by atoms with Gasteiger partial charge in [-0.05, 0) is 0 Å². The van der Waals surface area contributed by atoms with E-state index in [9.17, 15) is 0 Å². The predicted molar refractivity (Wildman–Crippen MR) is 29.8 cm³/mol. The minimum Gasteiger partial charge on any atom is -0.394 e. The van der Waals surface area contributed by atoms with Crippen LogP contribution in [0.15, 0.2) is 0 Å². The summed E-state index contributed by atoms with van der Waals surface area (Å²) >= 11 is 0. The van der Waals surface area contributed by atoms with Crippen molar-refractivity contribution in [3.8, 4) is 0 Å². The van der Waals surface area contributed by atoms with Crippen molar-refractivity contribution in [3.05, 3.63) is 0 Å². The van der Waals surface area contributed by atoms with Crippen LogP contribution < -0.4 is 0 Å². The molecule has 0 aromatic carbocycles. The summed E-state index contributed by atoms with van der Waals surface area (Å²) in [6.07, 6.45) is 0. The zero-order valence-corrected chi connectivity index (χ0v) is 5.03. The molecule has 5 heteroatoms. The molecule has 0 aromatic heterocycles. The van der Waals surface area contributed by atoms with Gasteiger partial charge in [0.15, 0.2) is 0 Å². The monoisotopic (exact) mass is 140 g/mol. The van der Waals surface area contributed by atoms with E-state index in [1.807, 2.05) is 0 Å². The first-order chi connectivity index (χ1) is 4.33. The number of aliphatic hydroxyl groups excluding tert-OH is 3. The van der Waals surface area contributed by atoms with Gasteiger partial charge < -0.3 is 15.3 Å². The fraction of sp³-hybridized carbons (Fsp3) is 1.00. The normalized spacial score (nSPS) is 8.00. The molecular weight excluding hydrogens is 128 g/mol. The molecule has 0 fully saturated rings. The van der Waals surface area contributed by atoms with Gasteiger partial charge in [-0.3, -0.25) is 5.26 Å². The van der Waals surface area contributed by atoms with E-state index in [2.05, 4.69) is 4.89 Å². The highest BCUT2D eigenvalue weighted by atomic mass is 17.1. The number of aliphatic hydroxyl groups is 3. The second kappa shape index (κ2) is 15.7. The SMILES string of the molecule is OCCO.OCCOO. The van der Waals surface area contributed by atoms with E-state index >= 15 is 0 Å². The van der Waals surface area contributed by atoms with E-state index in [1.54, 1.807) is 0 Å². The van der Waals surface area contributed by atoms with Crippen molar-refractivity contribution in [1.82, 2.24) is 0 Å². The molecule has 58 valence electrons. The van der Waals surface area contributed by atoms with Gasteiger partial charge in [0.1, 0.15) is 6.61 Å². The van der Waals surface area contributed by atoms with Gasteiger partial charge in [0.25, 0.3) is 0 Å². The van der Waals surface area contributed by atoms with Crippen molar-refractivity contribution >= 4 is 0 Å². The molecule has 5 nitrogen and oxygen atoms in total. The maximum atomic E-state index is 7.78. The quantitative estimate of drug-likeness (QED) is 0.281. The molecule has 0 bridgehead atoms. The Morgan fingerprint density at radius 3 is 1.33 bits per heavy atom. The van der Waals surface area contributed by atoms with E-state index in [0.29, 0.717) is 0 Å². The van der Waals surface area contributed by atoms with Crippen molar-refractivity contribution in [2.45, 2.75) is 0 Å². The van der Waals surface area contributed by atoms with Gasteiger partial charge in [0.05, 0.1) is 19.8 Å². The molecule has 0 aliphatic carbocycles. The molecule has 0 aromatic rings. The molecule has 0 aliphatic rings. The number of hydrogen-bond donors (Lipinski definition) is 4. The molecule has 0 unspecified atom stereocenters. The Hall–Kier alpha value is -0.200. The van der Waals surface area contributed by atoms with Gasteiger partial charge in [-0.2, -0.15) is 0 Å². The van der Waals surface area contributed by atoms with Crippen LogP contribution in [0.4, 0.5) is 0 Å². The summed E-state index contributed by atoms with van der Waals surface area (Å²) in [4.78, 5) is 3.44. The second-order valence-electron chi connectivity index (χ2n) is 1.00. The van der Waals surface area contributed by atoms with Crippen molar-refractivity contribution in [2.75, 3.05) is 26.4 Å². The summed E-state index contributed by atoms with van der Waals surface area (Å²) in [7, 11) is 0. The van der Waals surface area contributed by atoms with Gasteiger partial charge in [0, 0.05) is 0 Å². The van der Waals surface area contributed by atoms with Crippen molar-refractivity contribution in [2.24, 2.45) is 0 Å². The molecule has 0 aliphatic heterocycles. The summed E-state index contributed by atoms with van der Waals surface area (Å²) in [5, 5.41) is 30.4. The molecule has 0 heterocycles. The third-order valence-electron chi connectivity index (χ3n) is 0.283. The molecule has 0 radical (unpaired) electrons. The molecular formula is C4H12O5. The summed E-state index contributed by atoms with van der Waals surface area (Å²) in [5.74, 6) is 0. The maximum Gasteiger partial charge on any atom is 0.105 e. The molecule has 0 atom stereocenters. The van der Waals surface area contributed by atoms with Crippen LogP contribution in [0.5, 0.6) is 0 Å². The highest BCUT2D eigenvalue weighted by molar-refractivity contribution is 4.09. The predicted octanol–water partition coefficient (Wildman–Crippen LogP) is -1.56. The van der Waals surface area contributed by atoms with E-state index in [1.165, 1.54) is 0 Å². The maximum absolute atomic E-state index is 7.78. The van der Waals surface area contributed by atoms with E-state index < -0.39 is 0 Å². The second-order valence-corrected chi connectivity index (χ2v) is 1.00. The molecule has 9 heavy (non-hydrogen) atoms. The standard InChI is InChI=1S/C2H6O3.C2H6O2/c3-1-2-5-4;3-1-2-4/h3-4H,1-2H2;3-4H,1-2H2. The Bertz CT molecular complexity index is 28.1. The highest BCUT2D eigenvalue weighted by Gasteiger charge is 1.69. The summed E-state index contributed by atoms with van der Waals surface area (Å²) in [6, 6.07) is 0. The van der Waals surface area contributed by atoms with E-state index in [4.69, 9.17) is 20.6 Å².